The van der Waals surface area contributed by atoms with Gasteiger partial charge in [-0.3, -0.25) is 5.01 Å². The summed E-state index contributed by atoms with van der Waals surface area (Å²) >= 11 is 0. The molecule has 6 rings (SSSR count). The van der Waals surface area contributed by atoms with Gasteiger partial charge in [0.15, 0.2) is 5.76 Å². The van der Waals surface area contributed by atoms with Crippen molar-refractivity contribution in [3.8, 4) is 22.9 Å². The van der Waals surface area contributed by atoms with E-state index in [9.17, 15) is 0 Å². The molecule has 0 saturated heterocycles. The van der Waals surface area contributed by atoms with Gasteiger partial charge in [0.25, 0.3) is 0 Å². The second-order valence-corrected chi connectivity index (χ2v) is 8.80. The van der Waals surface area contributed by atoms with Crippen LogP contribution < -0.4 is 9.75 Å². The average molecular weight is 475 g/mol. The molecule has 0 N–H and O–H groups in total. The Hall–Kier alpha value is -4.58. The Bertz CT molecular complexity index is 1500. The van der Waals surface area contributed by atoms with Gasteiger partial charge in [0.05, 0.1) is 30.2 Å². The van der Waals surface area contributed by atoms with Gasteiger partial charge in [-0.15, -0.1) is 0 Å². The molecule has 1 aliphatic heterocycles. The van der Waals surface area contributed by atoms with Gasteiger partial charge in [-0.2, -0.15) is 10.2 Å². The highest BCUT2D eigenvalue weighted by molar-refractivity contribution is 6.03. The Morgan fingerprint density at radius 3 is 2.17 bits per heavy atom. The summed E-state index contributed by atoms with van der Waals surface area (Å²) < 4.78 is 13.3. The quantitative estimate of drug-likeness (QED) is 0.271. The molecule has 0 unspecified atom stereocenters. The van der Waals surface area contributed by atoms with E-state index in [4.69, 9.17) is 19.4 Å². The number of benzene rings is 3. The van der Waals surface area contributed by atoms with Crippen LogP contribution >= 0.6 is 0 Å². The van der Waals surface area contributed by atoms with Crippen LogP contribution in [0.1, 0.15) is 29.3 Å². The lowest BCUT2D eigenvalue weighted by Crippen LogP contribution is -2.18. The maximum atomic E-state index is 6.05. The van der Waals surface area contributed by atoms with Crippen molar-refractivity contribution in [2.45, 2.75) is 19.4 Å². The van der Waals surface area contributed by atoms with Gasteiger partial charge in [0.1, 0.15) is 17.2 Å². The molecule has 0 bridgehead atoms. The van der Waals surface area contributed by atoms with Crippen LogP contribution in [0.5, 0.6) is 5.75 Å². The second-order valence-electron chi connectivity index (χ2n) is 8.80. The molecule has 178 valence electrons. The van der Waals surface area contributed by atoms with Crippen LogP contribution in [0.15, 0.2) is 113 Å². The average Bonchev–Trinajstić information content (AvgIpc) is 3.68. The van der Waals surface area contributed by atoms with Crippen LogP contribution in [0.4, 0.5) is 5.69 Å². The number of nitrogens with zero attached hydrogens (tertiary/aromatic N) is 4. The molecule has 0 fully saturated rings. The van der Waals surface area contributed by atoms with E-state index in [1.54, 1.807) is 7.11 Å². The summed E-state index contributed by atoms with van der Waals surface area (Å²) in [5, 5.41) is 12.2. The third-order valence-electron chi connectivity index (χ3n) is 6.45. The van der Waals surface area contributed by atoms with Gasteiger partial charge in [0, 0.05) is 18.2 Å². The van der Waals surface area contributed by atoms with Crippen molar-refractivity contribution in [2.75, 3.05) is 12.1 Å². The van der Waals surface area contributed by atoms with Crippen LogP contribution in [-0.4, -0.2) is 22.6 Å². The molecule has 0 saturated carbocycles. The normalized spacial score (nSPS) is 15.2. The predicted octanol–water partition coefficient (Wildman–Crippen LogP) is 6.81. The van der Waals surface area contributed by atoms with Crippen molar-refractivity contribution in [3.05, 3.63) is 120 Å². The number of hydrazone groups is 1. The third-order valence-corrected chi connectivity index (χ3v) is 6.45. The molecule has 3 heterocycles. The first-order valence-electron chi connectivity index (χ1n) is 12.0. The van der Waals surface area contributed by atoms with Crippen molar-refractivity contribution in [3.63, 3.8) is 0 Å². The van der Waals surface area contributed by atoms with E-state index in [1.165, 1.54) is 0 Å². The van der Waals surface area contributed by atoms with Crippen molar-refractivity contribution in [1.82, 2.24) is 9.78 Å². The van der Waals surface area contributed by atoms with Crippen LogP contribution in [0.3, 0.4) is 0 Å². The van der Waals surface area contributed by atoms with Gasteiger partial charge in [-0.05, 0) is 73.2 Å². The SMILES string of the molecule is COc1ccc(C2=NN(c3ccccc3)[C@@H](c3cn(-c4ccccc4)nc3-c3ccc(C)o3)C2)cc1. The fraction of sp³-hybridized carbons (Fsp3) is 0.133. The highest BCUT2D eigenvalue weighted by Crippen LogP contribution is 2.41. The Morgan fingerprint density at radius 1 is 0.833 bits per heavy atom. The number of hydrogen-bond donors (Lipinski definition) is 0. The molecule has 0 amide bonds. The number of para-hydroxylation sites is 2. The highest BCUT2D eigenvalue weighted by atomic mass is 16.5. The molecule has 5 aromatic rings. The summed E-state index contributed by atoms with van der Waals surface area (Å²) in [4.78, 5) is 0. The molecule has 1 atom stereocenters. The van der Waals surface area contributed by atoms with Gasteiger partial charge in [-0.25, -0.2) is 4.68 Å². The minimum absolute atomic E-state index is 0.0534. The molecule has 2 aromatic heterocycles. The summed E-state index contributed by atoms with van der Waals surface area (Å²) in [5.74, 6) is 2.43. The number of ether oxygens (including phenoxy) is 1. The van der Waals surface area contributed by atoms with Gasteiger partial charge >= 0.3 is 0 Å². The summed E-state index contributed by atoms with van der Waals surface area (Å²) in [5.41, 5.74) is 5.99. The largest absolute Gasteiger partial charge is 0.497 e. The number of rotatable bonds is 6. The number of aryl methyl sites for hydroxylation is 1. The summed E-state index contributed by atoms with van der Waals surface area (Å²) in [6, 6.07) is 32.4. The number of methoxy groups -OCH3 is 1. The van der Waals surface area contributed by atoms with Gasteiger partial charge in [-0.1, -0.05) is 36.4 Å². The summed E-state index contributed by atoms with van der Waals surface area (Å²) in [7, 11) is 1.68. The molecule has 0 radical (unpaired) electrons. The van der Waals surface area contributed by atoms with Crippen molar-refractivity contribution in [2.24, 2.45) is 5.10 Å². The fourth-order valence-corrected chi connectivity index (χ4v) is 4.63. The smallest absolute Gasteiger partial charge is 0.154 e. The molecular formula is C30H26N4O2. The number of anilines is 1. The number of aromatic nitrogens is 2. The van der Waals surface area contributed by atoms with E-state index in [-0.39, 0.29) is 6.04 Å². The van der Waals surface area contributed by atoms with E-state index in [1.807, 2.05) is 72.3 Å². The molecular weight excluding hydrogens is 448 g/mol. The standard InChI is InChI=1S/C30H26N4O2/c1-21-13-18-29(36-21)30-26(20-33(32-30)23-9-5-3-6-10-23)28-19-27(22-14-16-25(35-2)17-15-22)31-34(28)24-11-7-4-8-12-24/h3-18,20,28H,19H2,1-2H3/t28-/m1/s1. The zero-order valence-corrected chi connectivity index (χ0v) is 20.2. The summed E-state index contributed by atoms with van der Waals surface area (Å²) in [6.07, 6.45) is 2.84. The monoisotopic (exact) mass is 474 g/mol. The fourth-order valence-electron chi connectivity index (χ4n) is 4.63. The maximum Gasteiger partial charge on any atom is 0.154 e. The Balaban J connectivity index is 1.47. The van der Waals surface area contributed by atoms with Crippen molar-refractivity contribution < 1.29 is 9.15 Å². The van der Waals surface area contributed by atoms with E-state index < -0.39 is 0 Å². The third kappa shape index (κ3) is 4.07. The molecule has 0 spiro atoms. The first kappa shape index (κ1) is 21.9. The number of furan rings is 1. The minimum Gasteiger partial charge on any atom is -0.497 e. The Kier molecular flexibility index (Phi) is 5.62. The van der Waals surface area contributed by atoms with E-state index >= 15 is 0 Å². The zero-order valence-electron chi connectivity index (χ0n) is 20.2. The topological polar surface area (TPSA) is 55.8 Å². The molecule has 1 aliphatic rings. The number of hydrogen-bond acceptors (Lipinski definition) is 5. The van der Waals surface area contributed by atoms with Crippen molar-refractivity contribution in [1.29, 1.82) is 0 Å². The first-order chi connectivity index (χ1) is 17.7. The lowest BCUT2D eigenvalue weighted by atomic mass is 9.97. The lowest BCUT2D eigenvalue weighted by molar-refractivity contribution is 0.415. The zero-order chi connectivity index (χ0) is 24.5. The predicted molar refractivity (Wildman–Crippen MR) is 142 cm³/mol. The maximum absolute atomic E-state index is 6.05. The first-order valence-corrected chi connectivity index (χ1v) is 12.0. The van der Waals surface area contributed by atoms with Crippen LogP contribution in [0.25, 0.3) is 17.1 Å². The Morgan fingerprint density at radius 2 is 1.53 bits per heavy atom. The van der Waals surface area contributed by atoms with Crippen LogP contribution in [-0.2, 0) is 0 Å². The molecule has 0 aliphatic carbocycles. The van der Waals surface area contributed by atoms with Gasteiger partial charge < -0.3 is 9.15 Å². The minimum atomic E-state index is -0.0534. The van der Waals surface area contributed by atoms with E-state index in [2.05, 4.69) is 47.6 Å². The molecule has 6 nitrogen and oxygen atoms in total. The Labute approximate surface area is 210 Å². The molecule has 36 heavy (non-hydrogen) atoms. The van der Waals surface area contributed by atoms with Crippen LogP contribution in [0, 0.1) is 6.92 Å². The van der Waals surface area contributed by atoms with Crippen LogP contribution in [0.2, 0.25) is 0 Å². The van der Waals surface area contributed by atoms with E-state index in [0.717, 1.165) is 57.6 Å². The van der Waals surface area contributed by atoms with Gasteiger partial charge in [0.2, 0.25) is 0 Å². The lowest BCUT2D eigenvalue weighted by Gasteiger charge is -2.23. The molecule has 6 heteroatoms. The van der Waals surface area contributed by atoms with E-state index in [0.29, 0.717) is 0 Å². The summed E-state index contributed by atoms with van der Waals surface area (Å²) in [6.45, 7) is 1.95. The second kappa shape index (κ2) is 9.23. The van der Waals surface area contributed by atoms with Crippen molar-refractivity contribution >= 4 is 11.4 Å². The highest BCUT2D eigenvalue weighted by Gasteiger charge is 2.34. The molecule has 3 aromatic carbocycles.